The second kappa shape index (κ2) is 8.62. The number of amides is 1. The lowest BCUT2D eigenvalue weighted by atomic mass is 10.2. The zero-order valence-corrected chi connectivity index (χ0v) is 16.2. The molecule has 0 aliphatic rings. The molecule has 1 amide bonds. The monoisotopic (exact) mass is 397 g/mol. The maximum absolute atomic E-state index is 12.3. The molecule has 3 rings (SSSR count). The molecule has 3 aromatic rings. The molecule has 8 heteroatoms. The third-order valence-electron chi connectivity index (χ3n) is 3.78. The molecule has 1 aromatic heterocycles. The number of nitro benzene ring substituents is 1. The topological polar surface area (TPSA) is 93.8 Å². The number of nitro groups is 1. The van der Waals surface area contributed by atoms with E-state index in [2.05, 4.69) is 24.4 Å². The number of thiophene rings is 1. The molecule has 0 fully saturated rings. The predicted octanol–water partition coefficient (Wildman–Crippen LogP) is 4.61. The van der Waals surface area contributed by atoms with E-state index in [1.807, 2.05) is 24.3 Å². The zero-order valence-electron chi connectivity index (χ0n) is 15.4. The highest BCUT2D eigenvalue weighted by Crippen LogP contribution is 2.28. The summed E-state index contributed by atoms with van der Waals surface area (Å²) in [6.07, 6.45) is 1.54. The molecule has 0 radical (unpaired) electrons. The SMILES string of the molecule is CC(C)COc1ccc(C=NNC(=O)c2cc3cc([N+](=O)[O-])ccc3s2)cc1. The van der Waals surface area contributed by atoms with Crippen molar-refractivity contribution in [2.45, 2.75) is 13.8 Å². The van der Waals surface area contributed by atoms with Crippen molar-refractivity contribution < 1.29 is 14.5 Å². The van der Waals surface area contributed by atoms with Crippen molar-refractivity contribution in [1.29, 1.82) is 0 Å². The number of carbonyl (C=O) groups excluding carboxylic acids is 1. The van der Waals surface area contributed by atoms with Crippen molar-refractivity contribution in [3.63, 3.8) is 0 Å². The molecule has 0 saturated heterocycles. The molecule has 0 atom stereocenters. The highest BCUT2D eigenvalue weighted by Gasteiger charge is 2.12. The van der Waals surface area contributed by atoms with Crippen molar-refractivity contribution in [2.24, 2.45) is 11.0 Å². The van der Waals surface area contributed by atoms with E-state index in [0.29, 0.717) is 22.8 Å². The first kappa shape index (κ1) is 19.5. The van der Waals surface area contributed by atoms with E-state index in [4.69, 9.17) is 4.74 Å². The Bertz CT molecular complexity index is 1030. The van der Waals surface area contributed by atoms with Gasteiger partial charge in [0, 0.05) is 22.2 Å². The molecular weight excluding hydrogens is 378 g/mol. The van der Waals surface area contributed by atoms with Crippen molar-refractivity contribution in [1.82, 2.24) is 5.43 Å². The van der Waals surface area contributed by atoms with Gasteiger partial charge < -0.3 is 4.74 Å². The maximum Gasteiger partial charge on any atom is 0.281 e. The van der Waals surface area contributed by atoms with Crippen molar-refractivity contribution >= 4 is 39.2 Å². The molecule has 0 spiro atoms. The number of hydrogen-bond donors (Lipinski definition) is 1. The lowest BCUT2D eigenvalue weighted by Crippen LogP contribution is -2.16. The van der Waals surface area contributed by atoms with Gasteiger partial charge in [-0.15, -0.1) is 11.3 Å². The van der Waals surface area contributed by atoms with Gasteiger partial charge in [-0.25, -0.2) is 5.43 Å². The zero-order chi connectivity index (χ0) is 20.1. The minimum absolute atomic E-state index is 0.00361. The summed E-state index contributed by atoms with van der Waals surface area (Å²) in [5.74, 6) is 0.878. The van der Waals surface area contributed by atoms with Gasteiger partial charge in [0.2, 0.25) is 0 Å². The third kappa shape index (κ3) is 4.92. The molecule has 144 valence electrons. The predicted molar refractivity (Wildman–Crippen MR) is 110 cm³/mol. The summed E-state index contributed by atoms with van der Waals surface area (Å²) < 4.78 is 6.42. The van der Waals surface area contributed by atoms with E-state index in [1.165, 1.54) is 23.5 Å². The van der Waals surface area contributed by atoms with E-state index < -0.39 is 4.92 Å². The van der Waals surface area contributed by atoms with Crippen molar-refractivity contribution in [2.75, 3.05) is 6.61 Å². The summed E-state index contributed by atoms with van der Waals surface area (Å²) in [6, 6.07) is 13.5. The second-order valence-electron chi connectivity index (χ2n) is 6.56. The normalized spacial score (nSPS) is 11.2. The van der Waals surface area contributed by atoms with Crippen LogP contribution >= 0.6 is 11.3 Å². The Balaban J connectivity index is 1.61. The highest BCUT2D eigenvalue weighted by molar-refractivity contribution is 7.20. The minimum atomic E-state index is -0.458. The van der Waals surface area contributed by atoms with Gasteiger partial charge in [-0.2, -0.15) is 5.10 Å². The molecule has 0 unspecified atom stereocenters. The molecule has 1 heterocycles. The van der Waals surface area contributed by atoms with Crippen LogP contribution < -0.4 is 10.2 Å². The van der Waals surface area contributed by atoms with Crippen LogP contribution in [0.25, 0.3) is 10.1 Å². The standard InChI is InChI=1S/C20H19N3O4S/c1-13(2)12-27-17-6-3-14(4-7-17)11-21-22-20(24)19-10-15-9-16(23(25)26)5-8-18(15)28-19/h3-11,13H,12H2,1-2H3,(H,22,24). The molecule has 0 saturated carbocycles. The van der Waals surface area contributed by atoms with Crippen LogP contribution in [0.15, 0.2) is 53.6 Å². The highest BCUT2D eigenvalue weighted by atomic mass is 32.1. The summed E-state index contributed by atoms with van der Waals surface area (Å²) in [5.41, 5.74) is 3.30. The molecule has 0 aliphatic heterocycles. The Labute approximate surface area is 165 Å². The number of nitrogens with zero attached hydrogens (tertiary/aromatic N) is 2. The quantitative estimate of drug-likeness (QED) is 0.358. The Morgan fingerprint density at radius 2 is 2.00 bits per heavy atom. The Kier molecular flexibility index (Phi) is 6.00. The number of benzene rings is 2. The van der Waals surface area contributed by atoms with Crippen LogP contribution in [-0.4, -0.2) is 23.7 Å². The fraction of sp³-hybridized carbons (Fsp3) is 0.200. The molecule has 0 bridgehead atoms. The van der Waals surface area contributed by atoms with Crippen LogP contribution in [-0.2, 0) is 0 Å². The van der Waals surface area contributed by atoms with Crippen molar-refractivity contribution in [3.8, 4) is 5.75 Å². The van der Waals surface area contributed by atoms with E-state index in [1.54, 1.807) is 18.3 Å². The fourth-order valence-electron chi connectivity index (χ4n) is 2.39. The first-order chi connectivity index (χ1) is 13.4. The number of carbonyl (C=O) groups is 1. The van der Waals surface area contributed by atoms with Crippen LogP contribution in [0.2, 0.25) is 0 Å². The van der Waals surface area contributed by atoms with Gasteiger partial charge in [-0.1, -0.05) is 13.8 Å². The summed E-state index contributed by atoms with van der Waals surface area (Å²) in [5, 5.41) is 15.5. The number of non-ortho nitro benzene ring substituents is 1. The average molecular weight is 397 g/mol. The maximum atomic E-state index is 12.3. The summed E-state index contributed by atoms with van der Waals surface area (Å²) in [4.78, 5) is 23.1. The van der Waals surface area contributed by atoms with Gasteiger partial charge in [-0.3, -0.25) is 14.9 Å². The molecule has 28 heavy (non-hydrogen) atoms. The number of nitrogens with one attached hydrogen (secondary N) is 1. The molecule has 0 aliphatic carbocycles. The smallest absolute Gasteiger partial charge is 0.281 e. The minimum Gasteiger partial charge on any atom is -0.493 e. The average Bonchev–Trinajstić information content (AvgIpc) is 3.10. The third-order valence-corrected chi connectivity index (χ3v) is 4.89. The number of hydrazone groups is 1. The lowest BCUT2D eigenvalue weighted by molar-refractivity contribution is -0.384. The first-order valence-electron chi connectivity index (χ1n) is 8.66. The summed E-state index contributed by atoms with van der Waals surface area (Å²) >= 11 is 1.26. The second-order valence-corrected chi connectivity index (χ2v) is 7.65. The molecule has 7 nitrogen and oxygen atoms in total. The number of fused-ring (bicyclic) bond motifs is 1. The summed E-state index contributed by atoms with van der Waals surface area (Å²) in [7, 11) is 0. The van der Waals surface area contributed by atoms with Gasteiger partial charge in [0.1, 0.15) is 5.75 Å². The fourth-order valence-corrected chi connectivity index (χ4v) is 3.32. The number of rotatable bonds is 7. The summed E-state index contributed by atoms with van der Waals surface area (Å²) in [6.45, 7) is 4.82. The molecule has 2 aromatic carbocycles. The number of ether oxygens (including phenoxy) is 1. The van der Waals surface area contributed by atoms with E-state index in [-0.39, 0.29) is 11.6 Å². The number of hydrogen-bond acceptors (Lipinski definition) is 6. The van der Waals surface area contributed by atoms with Gasteiger partial charge in [-0.05, 0) is 47.9 Å². The molecule has 1 N–H and O–H groups in total. The van der Waals surface area contributed by atoms with Gasteiger partial charge in [0.25, 0.3) is 11.6 Å². The van der Waals surface area contributed by atoms with E-state index in [0.717, 1.165) is 16.0 Å². The van der Waals surface area contributed by atoms with E-state index >= 15 is 0 Å². The van der Waals surface area contributed by atoms with Crippen LogP contribution in [0.5, 0.6) is 5.75 Å². The van der Waals surface area contributed by atoms with Crippen molar-refractivity contribution in [3.05, 3.63) is 69.1 Å². The lowest BCUT2D eigenvalue weighted by Gasteiger charge is -2.08. The van der Waals surface area contributed by atoms with Crippen LogP contribution in [0, 0.1) is 16.0 Å². The van der Waals surface area contributed by atoms with Gasteiger partial charge in [0.15, 0.2) is 0 Å². The van der Waals surface area contributed by atoms with Crippen LogP contribution in [0.3, 0.4) is 0 Å². The first-order valence-corrected chi connectivity index (χ1v) is 9.48. The van der Waals surface area contributed by atoms with Crippen LogP contribution in [0.4, 0.5) is 5.69 Å². The Morgan fingerprint density at radius 3 is 2.68 bits per heavy atom. The van der Waals surface area contributed by atoms with Gasteiger partial charge >= 0.3 is 0 Å². The Hall–Kier alpha value is -3.26. The van der Waals surface area contributed by atoms with Gasteiger partial charge in [0.05, 0.1) is 22.6 Å². The Morgan fingerprint density at radius 1 is 1.25 bits per heavy atom. The largest absolute Gasteiger partial charge is 0.493 e. The van der Waals surface area contributed by atoms with E-state index in [9.17, 15) is 14.9 Å². The molecular formula is C20H19N3O4S. The van der Waals surface area contributed by atoms with Crippen LogP contribution in [0.1, 0.15) is 29.1 Å².